The molecular formula is C53H92BrF2K2N3O8. The van der Waals surface area contributed by atoms with Gasteiger partial charge in [0.05, 0.1) is 36.3 Å². The molecule has 0 aromatic rings. The van der Waals surface area contributed by atoms with Gasteiger partial charge in [-0.3, -0.25) is 19.3 Å². The fourth-order valence-electron chi connectivity index (χ4n) is 17.0. The molecule has 10 aliphatic rings. The third kappa shape index (κ3) is 15.0. The van der Waals surface area contributed by atoms with Crippen molar-refractivity contribution in [1.29, 1.82) is 0 Å². The average Bonchev–Trinajstić information content (AvgIpc) is 3.89. The molecule has 69 heavy (non-hydrogen) atoms. The van der Waals surface area contributed by atoms with Crippen LogP contribution in [-0.2, 0) is 24.0 Å². The topological polar surface area (TPSA) is 160 Å². The summed E-state index contributed by atoms with van der Waals surface area (Å²) in [6.45, 7) is 12.0. The Morgan fingerprint density at radius 2 is 1.10 bits per heavy atom. The summed E-state index contributed by atoms with van der Waals surface area (Å²) < 4.78 is 31.6. The first kappa shape index (κ1) is 65.4. The predicted octanol–water partition coefficient (Wildman–Crippen LogP) is 1.78. The quantitative estimate of drug-likeness (QED) is 0.0924. The first-order valence-corrected chi connectivity index (χ1v) is 27.0. The third-order valence-electron chi connectivity index (χ3n) is 20.1. The van der Waals surface area contributed by atoms with Crippen LogP contribution in [0.5, 0.6) is 0 Å². The number of fused-ring (bicyclic) bond motifs is 10. The minimum Gasteiger partial charge on any atom is -1.00 e. The van der Waals surface area contributed by atoms with Crippen molar-refractivity contribution in [3.8, 4) is 0 Å². The van der Waals surface area contributed by atoms with Crippen molar-refractivity contribution in [2.24, 2.45) is 81.8 Å². The third-order valence-corrected chi connectivity index (χ3v) is 20.6. The molecule has 16 heteroatoms. The zero-order chi connectivity index (χ0) is 46.4. The average molecular weight is 1100 g/mol. The second-order valence-electron chi connectivity index (χ2n) is 23.1. The minimum absolute atomic E-state index is 0. The molecule has 11 nitrogen and oxygen atoms in total. The van der Waals surface area contributed by atoms with Gasteiger partial charge in [0.15, 0.2) is 0 Å². The number of hydrogen-bond donors (Lipinski definition) is 4. The molecule has 390 valence electrons. The van der Waals surface area contributed by atoms with Gasteiger partial charge in [-0.05, 0) is 186 Å². The molecule has 0 radical (unpaired) electrons. The van der Waals surface area contributed by atoms with Gasteiger partial charge in [-0.1, -0.05) is 44.6 Å². The van der Waals surface area contributed by atoms with Crippen molar-refractivity contribution in [2.45, 2.75) is 155 Å². The molecule has 16 atom stereocenters. The van der Waals surface area contributed by atoms with E-state index in [1.54, 1.807) is 0 Å². The molecule has 8 aliphatic carbocycles. The molecule has 0 spiro atoms. The number of carbonyl (C=O) groups excluding carboxylic acids is 3. The molecule has 0 amide bonds. The van der Waals surface area contributed by atoms with Gasteiger partial charge in [0.25, 0.3) is 6.47 Å². The standard InChI is InChI=1S/C25H41FN2O2.C21H32BrFO2.C4H9NO.CH2O3.2CH4.2K.H/c1-24-8-6-19-18-7-9-25(30,16-26)14-17(18)2-3-20(19)21(24)4-5-22(24)23(29)15-28-12-10-27-11-13-28;1-20-8-6-15-14-7-9-21(25,12-23)10-13(14)2-3-16(15)17(20)4-5-18(20)19(24)11-22;1-3-6-4-2-5-1;2-1-4-3;;;;;/h17-22,27,30H,2-16H2,1H3;13-18,25H,2-12H2,1H3;5H,1-4H2;1,3H;2*1H4;;;/q;;;;;;2*+1;-1/p-1/t17-,18+,19-,20-,21+,22-,24+,25-;13-,14+,15-,16-,17+,18-,20+,21-;;;;;;;/m11......./s1. The molecule has 0 bridgehead atoms. The number of ketones is 2. The molecule has 4 N–H and O–H groups in total. The molecule has 10 rings (SSSR count). The van der Waals surface area contributed by atoms with Crippen LogP contribution in [0.25, 0.3) is 0 Å². The summed E-state index contributed by atoms with van der Waals surface area (Å²) in [4.78, 5) is 39.4. The Morgan fingerprint density at radius 3 is 1.48 bits per heavy atom. The van der Waals surface area contributed by atoms with Crippen molar-refractivity contribution >= 4 is 34.0 Å². The second-order valence-corrected chi connectivity index (χ2v) is 23.6. The zero-order valence-electron chi connectivity index (χ0n) is 42.6. The smallest absolute Gasteiger partial charge is 1.00 e. The number of aliphatic hydroxyl groups is 2. The summed E-state index contributed by atoms with van der Waals surface area (Å²) in [6.07, 6.45) is 18.8. The molecule has 0 unspecified atom stereocenters. The van der Waals surface area contributed by atoms with Crippen LogP contribution in [0.15, 0.2) is 0 Å². The normalized spacial score (nSPS) is 42.7. The summed E-state index contributed by atoms with van der Waals surface area (Å²) in [5.74, 6) is 8.17. The van der Waals surface area contributed by atoms with Gasteiger partial charge >= 0.3 is 103 Å². The molecule has 0 aromatic carbocycles. The molecule has 2 saturated heterocycles. The van der Waals surface area contributed by atoms with Crippen molar-refractivity contribution in [3.63, 3.8) is 0 Å². The first-order valence-electron chi connectivity index (χ1n) is 25.9. The van der Waals surface area contributed by atoms with Gasteiger partial charge in [-0.25, -0.2) is 8.78 Å². The Balaban J connectivity index is 0.000000381. The van der Waals surface area contributed by atoms with E-state index in [4.69, 9.17) is 14.8 Å². The number of halogens is 3. The number of hydrogen-bond acceptors (Lipinski definition) is 11. The van der Waals surface area contributed by atoms with Crippen LogP contribution >= 0.6 is 15.9 Å². The van der Waals surface area contributed by atoms with E-state index in [2.05, 4.69) is 50.2 Å². The van der Waals surface area contributed by atoms with E-state index in [1.165, 1.54) is 51.4 Å². The van der Waals surface area contributed by atoms with Gasteiger partial charge in [-0.15, -0.1) is 0 Å². The van der Waals surface area contributed by atoms with Crippen LogP contribution in [0.3, 0.4) is 0 Å². The Morgan fingerprint density at radius 1 is 0.681 bits per heavy atom. The van der Waals surface area contributed by atoms with Crippen LogP contribution in [0.4, 0.5) is 8.78 Å². The molecule has 0 aromatic heterocycles. The SMILES string of the molecule is C.C.C1COCCN1.C[C@]12CC[C@H]3[C@@H](CC[C@@H]4C[C@@](O)(CF)CC[C@@H]43)[C@@H]1CC[C@@H]2C(=O)CBr.C[C@]12CC[C@H]3[C@@H](CC[C@@H]4C[C@@](O)(CF)CC[C@@H]43)[C@@H]1CC[C@@H]2C(=O)CN1CCNCC1.O=CO[O-].[H-].[K+].[K+]. The number of carbonyl (C=O) groups is 3. The summed E-state index contributed by atoms with van der Waals surface area (Å²) in [5, 5.41) is 36.4. The maximum atomic E-state index is 13.4. The van der Waals surface area contributed by atoms with Gasteiger partial charge in [0, 0.05) is 51.1 Å². The predicted molar refractivity (Wildman–Crippen MR) is 262 cm³/mol. The molecule has 8 saturated carbocycles. The number of piperazine rings is 1. The van der Waals surface area contributed by atoms with Crippen LogP contribution < -0.4 is 119 Å². The Hall–Kier alpha value is 2.14. The number of Topliss-reactive ketones (excluding diaryl/α,β-unsaturated/α-hetero) is 2. The Kier molecular flexibility index (Phi) is 28.2. The monoisotopic (exact) mass is 1090 g/mol. The number of nitrogens with zero attached hydrogens (tertiary/aromatic N) is 1. The molecular weight excluding hydrogens is 1000 g/mol. The fourth-order valence-corrected chi connectivity index (χ4v) is 17.4. The van der Waals surface area contributed by atoms with E-state index < -0.39 is 24.6 Å². The van der Waals surface area contributed by atoms with Gasteiger partial charge in [0.1, 0.15) is 24.9 Å². The largest absolute Gasteiger partial charge is 1.00 e. The van der Waals surface area contributed by atoms with Crippen molar-refractivity contribution in [2.75, 3.05) is 77.7 Å². The molecule has 10 fully saturated rings. The van der Waals surface area contributed by atoms with Crippen LogP contribution in [0, 0.1) is 81.8 Å². The minimum atomic E-state index is -1.05. The van der Waals surface area contributed by atoms with Crippen LogP contribution in [0.2, 0.25) is 0 Å². The number of morpholine rings is 1. The summed E-state index contributed by atoms with van der Waals surface area (Å²) in [6, 6.07) is 0. The molecule has 2 aliphatic heterocycles. The van der Waals surface area contributed by atoms with Crippen molar-refractivity contribution in [3.05, 3.63) is 0 Å². The van der Waals surface area contributed by atoms with Gasteiger partial charge < -0.3 is 37.2 Å². The number of ether oxygens (including phenoxy) is 1. The maximum absolute atomic E-state index is 13.4. The van der Waals surface area contributed by atoms with E-state index in [0.29, 0.717) is 84.6 Å². The summed E-state index contributed by atoms with van der Waals surface area (Å²) in [5.41, 5.74) is -1.70. The van der Waals surface area contributed by atoms with Crippen molar-refractivity contribution in [1.82, 2.24) is 15.5 Å². The number of nitrogens with one attached hydrogen (secondary N) is 2. The van der Waals surface area contributed by atoms with E-state index in [1.807, 2.05) is 0 Å². The van der Waals surface area contributed by atoms with E-state index in [9.17, 15) is 28.6 Å². The Labute approximate surface area is 510 Å². The number of rotatable bonds is 8. The molecule has 2 heterocycles. The van der Waals surface area contributed by atoms with Crippen LogP contribution in [-0.4, -0.2) is 122 Å². The van der Waals surface area contributed by atoms with E-state index >= 15 is 0 Å². The van der Waals surface area contributed by atoms with E-state index in [0.717, 1.165) is 115 Å². The first-order chi connectivity index (χ1) is 31.3. The van der Waals surface area contributed by atoms with E-state index in [-0.39, 0.29) is 148 Å². The van der Waals surface area contributed by atoms with Crippen molar-refractivity contribution < 1.29 is 152 Å². The van der Waals surface area contributed by atoms with Crippen LogP contribution in [0.1, 0.15) is 146 Å². The summed E-state index contributed by atoms with van der Waals surface area (Å²) >= 11 is 3.39. The maximum Gasteiger partial charge on any atom is 1.00 e. The fraction of sp³-hybridized carbons (Fsp3) is 0.943. The van der Waals surface area contributed by atoms with Gasteiger partial charge in [0.2, 0.25) is 0 Å². The number of alkyl halides is 3. The van der Waals surface area contributed by atoms with Gasteiger partial charge in [-0.2, -0.15) is 0 Å². The Bertz CT molecular complexity index is 1590. The zero-order valence-corrected chi connectivity index (χ0v) is 49.5. The second kappa shape index (κ2) is 29.8. The summed E-state index contributed by atoms with van der Waals surface area (Å²) in [7, 11) is 0.